The molecule has 3 aliphatic rings. The summed E-state index contributed by atoms with van der Waals surface area (Å²) in [4.78, 5) is 25.7. The van der Waals surface area contributed by atoms with Crippen molar-refractivity contribution in [3.8, 4) is 5.75 Å². The van der Waals surface area contributed by atoms with Crippen molar-refractivity contribution >= 4 is 17.8 Å². The van der Waals surface area contributed by atoms with Crippen molar-refractivity contribution < 1.29 is 18.7 Å². The highest BCUT2D eigenvalue weighted by atomic mass is 19.1. The molecule has 4 rings (SSSR count). The normalized spacial score (nSPS) is 25.1. The zero-order valence-electron chi connectivity index (χ0n) is 17.4. The van der Waals surface area contributed by atoms with Gasteiger partial charge in [0.15, 0.2) is 11.6 Å². The molecule has 1 aliphatic carbocycles. The van der Waals surface area contributed by atoms with Crippen LogP contribution in [0.3, 0.4) is 0 Å². The summed E-state index contributed by atoms with van der Waals surface area (Å²) in [5.41, 5.74) is 1.94. The molecule has 1 N–H and O–H groups in total. The summed E-state index contributed by atoms with van der Waals surface area (Å²) in [5, 5.41) is 3.32. The number of hydrogen-bond donors (Lipinski definition) is 1. The summed E-state index contributed by atoms with van der Waals surface area (Å²) < 4.78 is 20.3. The lowest BCUT2D eigenvalue weighted by Gasteiger charge is -2.28. The van der Waals surface area contributed by atoms with Crippen LogP contribution in [0.4, 0.5) is 4.39 Å². The number of allylic oxidation sites excluding steroid dienone is 2. The van der Waals surface area contributed by atoms with E-state index in [1.54, 1.807) is 17.0 Å². The number of hydrogen-bond acceptors (Lipinski definition) is 4. The van der Waals surface area contributed by atoms with Gasteiger partial charge in [-0.2, -0.15) is 0 Å². The number of piperidine rings is 1. The number of carbonyl (C=O) groups excluding carboxylic acids is 2. The summed E-state index contributed by atoms with van der Waals surface area (Å²) in [6.45, 7) is 3.24. The molecule has 1 aromatic carbocycles. The first-order valence-corrected chi connectivity index (χ1v) is 11.2. The molecule has 2 saturated heterocycles. The molecule has 0 aromatic heterocycles. The molecule has 2 aliphatic heterocycles. The van der Waals surface area contributed by atoms with Crippen molar-refractivity contribution in [1.82, 2.24) is 10.2 Å². The monoisotopic (exact) mass is 414 g/mol. The Morgan fingerprint density at radius 1 is 1.23 bits per heavy atom. The second-order valence-electron chi connectivity index (χ2n) is 8.73. The zero-order valence-corrected chi connectivity index (χ0v) is 17.4. The molecule has 5 nitrogen and oxygen atoms in total. The molecule has 2 heterocycles. The number of rotatable bonds is 6. The first-order valence-electron chi connectivity index (χ1n) is 11.2. The van der Waals surface area contributed by atoms with Gasteiger partial charge in [0, 0.05) is 12.5 Å². The van der Waals surface area contributed by atoms with Gasteiger partial charge >= 0.3 is 0 Å². The van der Waals surface area contributed by atoms with Crippen LogP contribution in [0.1, 0.15) is 50.5 Å². The van der Waals surface area contributed by atoms with Crippen molar-refractivity contribution in [2.75, 3.05) is 26.2 Å². The summed E-state index contributed by atoms with van der Waals surface area (Å²) in [7, 11) is 0. The number of aldehydes is 1. The van der Waals surface area contributed by atoms with E-state index in [4.69, 9.17) is 4.74 Å². The van der Waals surface area contributed by atoms with E-state index in [0.717, 1.165) is 69.0 Å². The van der Waals surface area contributed by atoms with Crippen LogP contribution in [0.2, 0.25) is 0 Å². The fourth-order valence-electron chi connectivity index (χ4n) is 4.84. The maximum Gasteiger partial charge on any atom is 0.226 e. The van der Waals surface area contributed by atoms with Crippen LogP contribution in [-0.4, -0.2) is 49.4 Å². The summed E-state index contributed by atoms with van der Waals surface area (Å²) in [5.74, 6) is 0.483. The van der Waals surface area contributed by atoms with E-state index in [-0.39, 0.29) is 23.7 Å². The van der Waals surface area contributed by atoms with Gasteiger partial charge in [0.25, 0.3) is 0 Å². The smallest absolute Gasteiger partial charge is 0.226 e. The van der Waals surface area contributed by atoms with Gasteiger partial charge < -0.3 is 19.7 Å². The number of halogens is 1. The van der Waals surface area contributed by atoms with E-state index < -0.39 is 0 Å². The molecule has 162 valence electrons. The first kappa shape index (κ1) is 21.0. The van der Waals surface area contributed by atoms with Crippen LogP contribution in [0.15, 0.2) is 24.3 Å². The lowest BCUT2D eigenvalue weighted by atomic mass is 9.85. The van der Waals surface area contributed by atoms with Crippen LogP contribution < -0.4 is 10.1 Å². The van der Waals surface area contributed by atoms with Crippen LogP contribution in [-0.2, 0) is 9.59 Å². The van der Waals surface area contributed by atoms with Gasteiger partial charge in [-0.25, -0.2) is 4.39 Å². The second kappa shape index (κ2) is 9.73. The molecule has 0 saturated carbocycles. The molecule has 1 aromatic rings. The number of nitrogens with one attached hydrogen (secondary N) is 1. The van der Waals surface area contributed by atoms with Crippen LogP contribution in [0.5, 0.6) is 5.75 Å². The van der Waals surface area contributed by atoms with Crippen molar-refractivity contribution in [3.63, 3.8) is 0 Å². The minimum atomic E-state index is -0.327. The fraction of sp³-hybridized carbons (Fsp3) is 0.583. The zero-order chi connectivity index (χ0) is 20.9. The highest BCUT2D eigenvalue weighted by Crippen LogP contribution is 2.34. The number of ether oxygens (including phenoxy) is 1. The number of nitrogens with zero attached hydrogens (tertiary/aromatic N) is 1. The summed E-state index contributed by atoms with van der Waals surface area (Å²) >= 11 is 0. The SMILES string of the molecule is O=CC1CCCN1C(=O)C1CC=C(c2ccc(OCC3CCNCC3)c(F)c2)CC1. The molecule has 2 atom stereocenters. The Morgan fingerprint density at radius 3 is 2.77 bits per heavy atom. The minimum Gasteiger partial charge on any atom is -0.490 e. The molecule has 1 amide bonds. The maximum atomic E-state index is 14.6. The lowest BCUT2D eigenvalue weighted by Crippen LogP contribution is -2.40. The molecule has 0 bridgehead atoms. The van der Waals surface area contributed by atoms with Gasteiger partial charge in [-0.05, 0) is 87.2 Å². The maximum absolute atomic E-state index is 14.6. The molecular formula is C24H31FN2O3. The minimum absolute atomic E-state index is 0.0771. The quantitative estimate of drug-likeness (QED) is 0.723. The molecule has 30 heavy (non-hydrogen) atoms. The highest BCUT2D eigenvalue weighted by molar-refractivity contribution is 5.83. The Morgan fingerprint density at radius 2 is 2.07 bits per heavy atom. The van der Waals surface area contributed by atoms with E-state index in [1.807, 2.05) is 6.07 Å². The van der Waals surface area contributed by atoms with E-state index in [0.29, 0.717) is 31.2 Å². The first-order chi connectivity index (χ1) is 14.7. The molecule has 2 fully saturated rings. The lowest BCUT2D eigenvalue weighted by molar-refractivity contribution is -0.138. The average Bonchev–Trinajstić information content (AvgIpc) is 3.27. The van der Waals surface area contributed by atoms with E-state index in [1.165, 1.54) is 0 Å². The van der Waals surface area contributed by atoms with Crippen molar-refractivity contribution in [3.05, 3.63) is 35.7 Å². The van der Waals surface area contributed by atoms with Crippen LogP contribution in [0, 0.1) is 17.7 Å². The van der Waals surface area contributed by atoms with E-state index in [2.05, 4.69) is 11.4 Å². The number of benzene rings is 1. The summed E-state index contributed by atoms with van der Waals surface area (Å²) in [6.07, 6.45) is 8.88. The second-order valence-corrected chi connectivity index (χ2v) is 8.73. The number of likely N-dealkylation sites (tertiary alicyclic amines) is 1. The van der Waals surface area contributed by atoms with Gasteiger partial charge in [0.2, 0.25) is 5.91 Å². The van der Waals surface area contributed by atoms with Gasteiger partial charge in [0.1, 0.15) is 6.29 Å². The Kier molecular flexibility index (Phi) is 6.82. The van der Waals surface area contributed by atoms with E-state index in [9.17, 15) is 14.0 Å². The van der Waals surface area contributed by atoms with Gasteiger partial charge in [0.05, 0.1) is 12.6 Å². The Bertz CT molecular complexity index is 804. The predicted octanol–water partition coefficient (Wildman–Crippen LogP) is 3.58. The Hall–Kier alpha value is -2.21. The number of carbonyl (C=O) groups is 2. The largest absolute Gasteiger partial charge is 0.490 e. The highest BCUT2D eigenvalue weighted by Gasteiger charge is 2.33. The standard InChI is InChI=1S/C24H31FN2O3/c25-22-14-20(7-8-23(22)30-16-17-9-11-26-12-10-17)18-3-5-19(6-4-18)24(29)27-13-1-2-21(27)15-28/h3,7-8,14-15,17,19,21,26H,1-2,4-6,9-13,16H2. The van der Waals surface area contributed by atoms with Gasteiger partial charge in [-0.1, -0.05) is 12.1 Å². The van der Waals surface area contributed by atoms with Crippen molar-refractivity contribution in [1.29, 1.82) is 0 Å². The van der Waals surface area contributed by atoms with Crippen molar-refractivity contribution in [2.45, 2.75) is 51.0 Å². The van der Waals surface area contributed by atoms with E-state index >= 15 is 0 Å². The molecule has 0 radical (unpaired) electrons. The third kappa shape index (κ3) is 4.75. The Balaban J connectivity index is 1.34. The molecular weight excluding hydrogens is 383 g/mol. The predicted molar refractivity (Wildman–Crippen MR) is 114 cm³/mol. The number of amides is 1. The average molecular weight is 415 g/mol. The molecule has 2 unspecified atom stereocenters. The molecule has 6 heteroatoms. The third-order valence-corrected chi connectivity index (χ3v) is 6.74. The molecule has 0 spiro atoms. The van der Waals surface area contributed by atoms with Crippen LogP contribution in [0.25, 0.3) is 5.57 Å². The van der Waals surface area contributed by atoms with Crippen LogP contribution >= 0.6 is 0 Å². The summed E-state index contributed by atoms with van der Waals surface area (Å²) in [6, 6.07) is 4.93. The van der Waals surface area contributed by atoms with Crippen molar-refractivity contribution in [2.24, 2.45) is 11.8 Å². The van der Waals surface area contributed by atoms with Gasteiger partial charge in [-0.3, -0.25) is 4.79 Å². The third-order valence-electron chi connectivity index (χ3n) is 6.74. The Labute approximate surface area is 177 Å². The fourth-order valence-corrected chi connectivity index (χ4v) is 4.84. The topological polar surface area (TPSA) is 58.6 Å². The van der Waals surface area contributed by atoms with Gasteiger partial charge in [-0.15, -0.1) is 0 Å².